The Bertz CT molecular complexity index is 527. The van der Waals surface area contributed by atoms with Crippen molar-refractivity contribution < 1.29 is 4.52 Å². The molecule has 2 aromatic heterocycles. The lowest BCUT2D eigenvalue weighted by atomic mass is 10.2. The fraction of sp³-hybridized carbons (Fsp3) is 0.571. The standard InChI is InChI=1S/C14H22N4O/c1-10(2)6-15-7-13-5-14(19-17-13)8-18-9-16-11(3)12(18)4/h5,9-10,15H,6-8H2,1-4H3. The highest BCUT2D eigenvalue weighted by Crippen LogP contribution is 2.10. The molecular weight excluding hydrogens is 240 g/mol. The molecule has 0 aliphatic rings. The molecule has 0 spiro atoms. The van der Waals surface area contributed by atoms with Gasteiger partial charge < -0.3 is 14.4 Å². The zero-order chi connectivity index (χ0) is 13.8. The maximum absolute atomic E-state index is 5.35. The van der Waals surface area contributed by atoms with Gasteiger partial charge in [-0.15, -0.1) is 0 Å². The molecule has 0 radical (unpaired) electrons. The molecule has 0 atom stereocenters. The van der Waals surface area contributed by atoms with Gasteiger partial charge in [0.25, 0.3) is 0 Å². The summed E-state index contributed by atoms with van der Waals surface area (Å²) in [7, 11) is 0. The minimum absolute atomic E-state index is 0.642. The van der Waals surface area contributed by atoms with Crippen molar-refractivity contribution in [2.24, 2.45) is 5.92 Å². The molecule has 0 bridgehead atoms. The van der Waals surface area contributed by atoms with Gasteiger partial charge in [-0.2, -0.15) is 0 Å². The average Bonchev–Trinajstić information content (AvgIpc) is 2.91. The summed E-state index contributed by atoms with van der Waals surface area (Å²) in [6.07, 6.45) is 1.84. The van der Waals surface area contributed by atoms with Crippen LogP contribution < -0.4 is 5.32 Å². The van der Waals surface area contributed by atoms with Gasteiger partial charge in [-0.25, -0.2) is 4.98 Å². The predicted octanol–water partition coefficient (Wildman–Crippen LogP) is 2.28. The summed E-state index contributed by atoms with van der Waals surface area (Å²) < 4.78 is 7.42. The van der Waals surface area contributed by atoms with Crippen molar-refractivity contribution in [3.8, 4) is 0 Å². The summed E-state index contributed by atoms with van der Waals surface area (Å²) in [5, 5.41) is 7.43. The molecule has 0 amide bonds. The van der Waals surface area contributed by atoms with Crippen LogP contribution in [-0.4, -0.2) is 21.3 Å². The smallest absolute Gasteiger partial charge is 0.156 e. The molecule has 0 aromatic carbocycles. The number of nitrogens with one attached hydrogen (secondary N) is 1. The average molecular weight is 262 g/mol. The quantitative estimate of drug-likeness (QED) is 0.867. The maximum Gasteiger partial charge on any atom is 0.156 e. The van der Waals surface area contributed by atoms with Gasteiger partial charge in [-0.1, -0.05) is 19.0 Å². The van der Waals surface area contributed by atoms with Crippen molar-refractivity contribution in [2.45, 2.75) is 40.8 Å². The summed E-state index contributed by atoms with van der Waals surface area (Å²) >= 11 is 0. The van der Waals surface area contributed by atoms with Crippen molar-refractivity contribution >= 4 is 0 Å². The van der Waals surface area contributed by atoms with E-state index in [0.29, 0.717) is 12.5 Å². The van der Waals surface area contributed by atoms with Crippen molar-refractivity contribution in [2.75, 3.05) is 6.54 Å². The first-order valence-electron chi connectivity index (χ1n) is 6.69. The number of imidazole rings is 1. The Balaban J connectivity index is 1.92. The Kier molecular flexibility index (Phi) is 4.37. The molecule has 2 rings (SSSR count). The number of nitrogens with zero attached hydrogens (tertiary/aromatic N) is 3. The molecule has 0 fully saturated rings. The molecule has 104 valence electrons. The van der Waals surface area contributed by atoms with E-state index in [4.69, 9.17) is 4.52 Å². The molecule has 0 aliphatic carbocycles. The van der Waals surface area contributed by atoms with E-state index < -0.39 is 0 Å². The Morgan fingerprint density at radius 2 is 2.16 bits per heavy atom. The molecule has 2 aromatic rings. The summed E-state index contributed by atoms with van der Waals surface area (Å²) in [5.41, 5.74) is 3.17. The largest absolute Gasteiger partial charge is 0.359 e. The van der Waals surface area contributed by atoms with Gasteiger partial charge in [0.15, 0.2) is 5.76 Å². The fourth-order valence-corrected chi connectivity index (χ4v) is 1.87. The van der Waals surface area contributed by atoms with Crippen LogP contribution in [0, 0.1) is 19.8 Å². The molecule has 19 heavy (non-hydrogen) atoms. The molecule has 0 unspecified atom stereocenters. The molecule has 0 saturated heterocycles. The topological polar surface area (TPSA) is 55.9 Å². The van der Waals surface area contributed by atoms with Crippen molar-refractivity contribution in [3.63, 3.8) is 0 Å². The van der Waals surface area contributed by atoms with Crippen LogP contribution >= 0.6 is 0 Å². The lowest BCUT2D eigenvalue weighted by Gasteiger charge is -2.04. The summed E-state index contributed by atoms with van der Waals surface area (Å²) in [4.78, 5) is 4.28. The summed E-state index contributed by atoms with van der Waals surface area (Å²) in [6.45, 7) is 10.9. The number of aryl methyl sites for hydroxylation is 1. The molecular formula is C14H22N4O. The van der Waals surface area contributed by atoms with Gasteiger partial charge in [-0.05, 0) is 26.3 Å². The van der Waals surface area contributed by atoms with Crippen molar-refractivity contribution in [3.05, 3.63) is 35.2 Å². The Hall–Kier alpha value is -1.62. The van der Waals surface area contributed by atoms with Crippen molar-refractivity contribution in [1.29, 1.82) is 0 Å². The molecule has 0 aliphatic heterocycles. The van der Waals surface area contributed by atoms with Gasteiger partial charge in [0.1, 0.15) is 0 Å². The van der Waals surface area contributed by atoms with Gasteiger partial charge in [-0.3, -0.25) is 0 Å². The Morgan fingerprint density at radius 1 is 1.37 bits per heavy atom. The Labute approximate surface area is 114 Å². The monoisotopic (exact) mass is 262 g/mol. The SMILES string of the molecule is Cc1ncn(Cc2cc(CNCC(C)C)no2)c1C. The second-order valence-electron chi connectivity index (χ2n) is 5.35. The van der Waals surface area contributed by atoms with Crippen molar-refractivity contribution in [1.82, 2.24) is 20.0 Å². The van der Waals surface area contributed by atoms with E-state index in [2.05, 4.69) is 40.8 Å². The molecule has 0 saturated carbocycles. The molecule has 5 nitrogen and oxygen atoms in total. The van der Waals surface area contributed by atoms with Crippen LogP contribution in [0.2, 0.25) is 0 Å². The van der Waals surface area contributed by atoms with E-state index in [0.717, 1.165) is 35.9 Å². The normalized spacial score (nSPS) is 11.4. The third kappa shape index (κ3) is 3.67. The minimum Gasteiger partial charge on any atom is -0.359 e. The second kappa shape index (κ2) is 6.02. The number of hydrogen-bond donors (Lipinski definition) is 1. The van der Waals surface area contributed by atoms with E-state index in [1.54, 1.807) is 0 Å². The van der Waals surface area contributed by atoms with Crippen LogP contribution in [0.5, 0.6) is 0 Å². The molecule has 1 N–H and O–H groups in total. The predicted molar refractivity (Wildman–Crippen MR) is 73.9 cm³/mol. The van der Waals surface area contributed by atoms with Crippen LogP contribution in [-0.2, 0) is 13.1 Å². The fourth-order valence-electron chi connectivity index (χ4n) is 1.87. The second-order valence-corrected chi connectivity index (χ2v) is 5.35. The summed E-state index contributed by atoms with van der Waals surface area (Å²) in [6, 6.07) is 2.00. The van der Waals surface area contributed by atoms with Gasteiger partial charge in [0.05, 0.1) is 24.3 Å². The van der Waals surface area contributed by atoms with Crippen LogP contribution in [0.15, 0.2) is 16.9 Å². The van der Waals surface area contributed by atoms with E-state index in [9.17, 15) is 0 Å². The van der Waals surface area contributed by atoms with E-state index in [1.807, 2.05) is 19.3 Å². The van der Waals surface area contributed by atoms with Crippen LogP contribution in [0.4, 0.5) is 0 Å². The minimum atomic E-state index is 0.642. The number of rotatable bonds is 6. The number of aromatic nitrogens is 3. The summed E-state index contributed by atoms with van der Waals surface area (Å²) in [5.74, 6) is 1.50. The Morgan fingerprint density at radius 3 is 2.79 bits per heavy atom. The third-order valence-corrected chi connectivity index (χ3v) is 3.14. The van der Waals surface area contributed by atoms with E-state index in [-0.39, 0.29) is 0 Å². The first-order chi connectivity index (χ1) is 9.06. The third-order valence-electron chi connectivity index (χ3n) is 3.14. The van der Waals surface area contributed by atoms with Gasteiger partial charge in [0.2, 0.25) is 0 Å². The molecule has 5 heteroatoms. The van der Waals surface area contributed by atoms with Gasteiger partial charge >= 0.3 is 0 Å². The molecule has 2 heterocycles. The highest BCUT2D eigenvalue weighted by atomic mass is 16.5. The number of hydrogen-bond acceptors (Lipinski definition) is 4. The van der Waals surface area contributed by atoms with Crippen LogP contribution in [0.25, 0.3) is 0 Å². The van der Waals surface area contributed by atoms with E-state index >= 15 is 0 Å². The lowest BCUT2D eigenvalue weighted by Crippen LogP contribution is -2.19. The zero-order valence-electron chi connectivity index (χ0n) is 12.1. The van der Waals surface area contributed by atoms with E-state index in [1.165, 1.54) is 0 Å². The zero-order valence-corrected chi connectivity index (χ0v) is 12.1. The van der Waals surface area contributed by atoms with Crippen LogP contribution in [0.1, 0.15) is 36.7 Å². The first kappa shape index (κ1) is 13.8. The highest BCUT2D eigenvalue weighted by molar-refractivity contribution is 5.12. The highest BCUT2D eigenvalue weighted by Gasteiger charge is 2.08. The van der Waals surface area contributed by atoms with Crippen LogP contribution in [0.3, 0.4) is 0 Å². The van der Waals surface area contributed by atoms with Gasteiger partial charge in [0, 0.05) is 18.3 Å². The lowest BCUT2D eigenvalue weighted by molar-refractivity contribution is 0.367. The first-order valence-corrected chi connectivity index (χ1v) is 6.69. The maximum atomic E-state index is 5.35.